The molecule has 1 aromatic carbocycles. The zero-order valence-corrected chi connectivity index (χ0v) is 11.6. The van der Waals surface area contributed by atoms with E-state index < -0.39 is 30.6 Å². The highest BCUT2D eigenvalue weighted by Crippen LogP contribution is 2.24. The SMILES string of the molecule is CCOC(=O)CNC(=O)COc1ccc(OC(F)(F)F)cc1. The molecule has 9 heteroatoms. The van der Waals surface area contributed by atoms with Crippen LogP contribution in [-0.4, -0.2) is 38.0 Å². The fourth-order valence-corrected chi connectivity index (χ4v) is 1.32. The van der Waals surface area contributed by atoms with Gasteiger partial charge in [-0.1, -0.05) is 0 Å². The molecule has 0 saturated carbocycles. The molecule has 0 fully saturated rings. The molecule has 0 heterocycles. The molecule has 0 aliphatic carbocycles. The maximum absolute atomic E-state index is 12.0. The van der Waals surface area contributed by atoms with Crippen LogP contribution >= 0.6 is 0 Å². The van der Waals surface area contributed by atoms with Gasteiger partial charge in [0.15, 0.2) is 6.61 Å². The molecule has 0 unspecified atom stereocenters. The number of benzene rings is 1. The highest BCUT2D eigenvalue weighted by atomic mass is 19.4. The zero-order valence-electron chi connectivity index (χ0n) is 11.6. The van der Waals surface area contributed by atoms with E-state index >= 15 is 0 Å². The molecule has 1 N–H and O–H groups in total. The molecular formula is C13H14F3NO5. The average Bonchev–Trinajstić information content (AvgIpc) is 2.43. The Morgan fingerprint density at radius 2 is 1.73 bits per heavy atom. The summed E-state index contributed by atoms with van der Waals surface area (Å²) in [5.74, 6) is -1.36. The van der Waals surface area contributed by atoms with Crippen molar-refractivity contribution in [3.8, 4) is 11.5 Å². The Balaban J connectivity index is 2.35. The van der Waals surface area contributed by atoms with Crippen LogP contribution in [0.4, 0.5) is 13.2 Å². The number of halogens is 3. The van der Waals surface area contributed by atoms with Crippen LogP contribution in [0.15, 0.2) is 24.3 Å². The molecular weight excluding hydrogens is 307 g/mol. The second-order valence-electron chi connectivity index (χ2n) is 3.89. The smallest absolute Gasteiger partial charge is 0.484 e. The van der Waals surface area contributed by atoms with Gasteiger partial charge in [-0.15, -0.1) is 13.2 Å². The number of nitrogens with one attached hydrogen (secondary N) is 1. The van der Waals surface area contributed by atoms with Crippen molar-refractivity contribution in [1.82, 2.24) is 5.32 Å². The van der Waals surface area contributed by atoms with Crippen molar-refractivity contribution in [1.29, 1.82) is 0 Å². The third-order valence-electron chi connectivity index (χ3n) is 2.16. The lowest BCUT2D eigenvalue weighted by molar-refractivity contribution is -0.274. The Hall–Kier alpha value is -2.45. The Bertz CT molecular complexity index is 501. The first-order chi connectivity index (χ1) is 10.3. The molecule has 0 saturated heterocycles. The summed E-state index contributed by atoms with van der Waals surface area (Å²) in [4.78, 5) is 22.4. The fraction of sp³-hybridized carbons (Fsp3) is 0.385. The van der Waals surface area contributed by atoms with Crippen LogP contribution in [0.1, 0.15) is 6.92 Å². The van der Waals surface area contributed by atoms with Gasteiger partial charge in [0.25, 0.3) is 5.91 Å². The predicted octanol–water partition coefficient (Wildman–Crippen LogP) is 1.64. The van der Waals surface area contributed by atoms with Gasteiger partial charge < -0.3 is 19.5 Å². The largest absolute Gasteiger partial charge is 0.573 e. The number of hydrogen-bond acceptors (Lipinski definition) is 5. The quantitative estimate of drug-likeness (QED) is 0.773. The number of rotatable bonds is 7. The van der Waals surface area contributed by atoms with Crippen LogP contribution in [0.3, 0.4) is 0 Å². The first-order valence-corrected chi connectivity index (χ1v) is 6.21. The van der Waals surface area contributed by atoms with Crippen molar-refractivity contribution < 1.29 is 37.0 Å². The van der Waals surface area contributed by atoms with Crippen LogP contribution in [0.25, 0.3) is 0 Å². The molecule has 0 aliphatic rings. The van der Waals surface area contributed by atoms with E-state index in [4.69, 9.17) is 4.74 Å². The van der Waals surface area contributed by atoms with Gasteiger partial charge in [-0.25, -0.2) is 0 Å². The number of ether oxygens (including phenoxy) is 3. The van der Waals surface area contributed by atoms with Crippen molar-refractivity contribution in [2.24, 2.45) is 0 Å². The van der Waals surface area contributed by atoms with Gasteiger partial charge in [-0.3, -0.25) is 9.59 Å². The van der Waals surface area contributed by atoms with E-state index in [1.54, 1.807) is 6.92 Å². The van der Waals surface area contributed by atoms with Crippen LogP contribution in [0, 0.1) is 0 Å². The number of hydrogen-bond donors (Lipinski definition) is 1. The fourth-order valence-electron chi connectivity index (χ4n) is 1.32. The number of carbonyl (C=O) groups excluding carboxylic acids is 2. The summed E-state index contributed by atoms with van der Waals surface area (Å²) in [6, 6.07) is 4.55. The van der Waals surface area contributed by atoms with Gasteiger partial charge >= 0.3 is 12.3 Å². The van der Waals surface area contributed by atoms with Crippen LogP contribution < -0.4 is 14.8 Å². The molecule has 1 rings (SSSR count). The Kier molecular flexibility index (Phi) is 6.48. The molecule has 1 aromatic rings. The maximum atomic E-state index is 12.0. The van der Waals surface area contributed by atoms with E-state index in [9.17, 15) is 22.8 Å². The lowest BCUT2D eigenvalue weighted by atomic mass is 10.3. The van der Waals surface area contributed by atoms with Gasteiger partial charge in [0.05, 0.1) is 6.61 Å². The van der Waals surface area contributed by atoms with Gasteiger partial charge in [0, 0.05) is 0 Å². The molecule has 0 atom stereocenters. The van der Waals surface area contributed by atoms with Crippen molar-refractivity contribution in [3.63, 3.8) is 0 Å². The van der Waals surface area contributed by atoms with Gasteiger partial charge in [0.1, 0.15) is 18.0 Å². The van der Waals surface area contributed by atoms with Crippen LogP contribution in [0.2, 0.25) is 0 Å². The zero-order chi connectivity index (χ0) is 16.6. The third kappa shape index (κ3) is 7.36. The topological polar surface area (TPSA) is 73.9 Å². The Morgan fingerprint density at radius 3 is 2.27 bits per heavy atom. The van der Waals surface area contributed by atoms with Crippen molar-refractivity contribution in [2.45, 2.75) is 13.3 Å². The first kappa shape index (κ1) is 17.6. The molecule has 1 amide bonds. The molecule has 0 bridgehead atoms. The van der Waals surface area contributed by atoms with Gasteiger partial charge in [-0.05, 0) is 31.2 Å². The second kappa shape index (κ2) is 8.11. The molecule has 0 spiro atoms. The minimum absolute atomic E-state index is 0.181. The lowest BCUT2D eigenvalue weighted by Crippen LogP contribution is -2.34. The van der Waals surface area contributed by atoms with E-state index in [0.717, 1.165) is 12.1 Å². The summed E-state index contributed by atoms with van der Waals surface area (Å²) in [5, 5.41) is 2.27. The number of alkyl halides is 3. The predicted molar refractivity (Wildman–Crippen MR) is 68.3 cm³/mol. The second-order valence-corrected chi connectivity index (χ2v) is 3.89. The molecule has 6 nitrogen and oxygen atoms in total. The molecule has 122 valence electrons. The molecule has 22 heavy (non-hydrogen) atoms. The summed E-state index contributed by atoms with van der Waals surface area (Å²) in [6.07, 6.45) is -4.77. The van der Waals surface area contributed by atoms with Gasteiger partial charge in [0.2, 0.25) is 0 Å². The van der Waals surface area contributed by atoms with Crippen LogP contribution in [0.5, 0.6) is 11.5 Å². The van der Waals surface area contributed by atoms with E-state index in [2.05, 4.69) is 14.8 Å². The highest BCUT2D eigenvalue weighted by Gasteiger charge is 2.30. The summed E-state index contributed by atoms with van der Waals surface area (Å²) < 4.78 is 49.2. The van der Waals surface area contributed by atoms with Crippen LogP contribution in [-0.2, 0) is 14.3 Å². The van der Waals surface area contributed by atoms with Gasteiger partial charge in [-0.2, -0.15) is 0 Å². The van der Waals surface area contributed by atoms with E-state index in [1.165, 1.54) is 12.1 Å². The number of esters is 1. The highest BCUT2D eigenvalue weighted by molar-refractivity contribution is 5.82. The first-order valence-electron chi connectivity index (χ1n) is 6.21. The summed E-state index contributed by atoms with van der Waals surface area (Å²) in [7, 11) is 0. The normalized spacial score (nSPS) is 10.7. The summed E-state index contributed by atoms with van der Waals surface area (Å²) >= 11 is 0. The van der Waals surface area contributed by atoms with Crippen molar-refractivity contribution in [3.05, 3.63) is 24.3 Å². The number of carbonyl (C=O) groups is 2. The van der Waals surface area contributed by atoms with E-state index in [-0.39, 0.29) is 18.9 Å². The molecule has 0 radical (unpaired) electrons. The van der Waals surface area contributed by atoms with Crippen molar-refractivity contribution in [2.75, 3.05) is 19.8 Å². The standard InChI is InChI=1S/C13H14F3NO5/c1-2-20-12(19)7-17-11(18)8-21-9-3-5-10(6-4-9)22-13(14,15)16/h3-6H,2,7-8H2,1H3,(H,17,18). The molecule has 0 aromatic heterocycles. The Labute approximate surface area is 124 Å². The average molecular weight is 321 g/mol. The van der Waals surface area contributed by atoms with E-state index in [1.807, 2.05) is 0 Å². The monoisotopic (exact) mass is 321 g/mol. The summed E-state index contributed by atoms with van der Waals surface area (Å²) in [5.41, 5.74) is 0. The Morgan fingerprint density at radius 1 is 1.14 bits per heavy atom. The maximum Gasteiger partial charge on any atom is 0.573 e. The minimum atomic E-state index is -4.77. The minimum Gasteiger partial charge on any atom is -0.484 e. The van der Waals surface area contributed by atoms with E-state index in [0.29, 0.717) is 0 Å². The number of amides is 1. The lowest BCUT2D eigenvalue weighted by Gasteiger charge is -2.10. The van der Waals surface area contributed by atoms with Crippen molar-refractivity contribution >= 4 is 11.9 Å². The molecule has 0 aliphatic heterocycles. The third-order valence-corrected chi connectivity index (χ3v) is 2.16. The summed E-state index contributed by atoms with van der Waals surface area (Å²) in [6.45, 7) is 1.17.